The largest absolute Gasteiger partial charge is 0.373 e. The van der Waals surface area contributed by atoms with Gasteiger partial charge in [0.1, 0.15) is 6.79 Å². The van der Waals surface area contributed by atoms with Gasteiger partial charge in [0, 0.05) is 18.8 Å². The van der Waals surface area contributed by atoms with E-state index in [9.17, 15) is 0 Å². The van der Waals surface area contributed by atoms with E-state index in [1.54, 1.807) is 0 Å². The molecule has 0 fully saturated rings. The van der Waals surface area contributed by atoms with E-state index < -0.39 is 0 Å². The number of aliphatic hydroxyl groups excluding tert-OH is 1. The van der Waals surface area contributed by atoms with Gasteiger partial charge in [-0.1, -0.05) is 11.6 Å². The lowest BCUT2D eigenvalue weighted by molar-refractivity contribution is 0.000194. The van der Waals surface area contributed by atoms with E-state index in [0.29, 0.717) is 12.6 Å². The lowest BCUT2D eigenvalue weighted by Gasteiger charge is -2.27. The van der Waals surface area contributed by atoms with Gasteiger partial charge in [-0.15, -0.1) is 0 Å². The standard InChI is InChI=1S/C15H26N2O2/c1-13(2)17-9-4-5-15(7-10-19-12-18)6-8-16-14(3)11-17/h4,6,8-9,13-14,18H,5,7,10-12H2,1-3H3/b9-4-,15-6+,16-8?. The zero-order valence-corrected chi connectivity index (χ0v) is 12.2. The average molecular weight is 266 g/mol. The van der Waals surface area contributed by atoms with Crippen molar-refractivity contribution in [1.29, 1.82) is 0 Å². The van der Waals surface area contributed by atoms with Crippen LogP contribution in [0, 0.1) is 0 Å². The summed E-state index contributed by atoms with van der Waals surface area (Å²) in [7, 11) is 0. The number of ether oxygens (including phenoxy) is 1. The smallest absolute Gasteiger partial charge is 0.143 e. The fourth-order valence-electron chi connectivity index (χ4n) is 1.95. The molecule has 1 aliphatic heterocycles. The van der Waals surface area contributed by atoms with Gasteiger partial charge in [-0.2, -0.15) is 0 Å². The molecule has 108 valence electrons. The fourth-order valence-corrected chi connectivity index (χ4v) is 1.95. The summed E-state index contributed by atoms with van der Waals surface area (Å²) in [4.78, 5) is 6.84. The summed E-state index contributed by atoms with van der Waals surface area (Å²) in [5.74, 6) is 0. The average Bonchev–Trinajstić information content (AvgIpc) is 2.37. The van der Waals surface area contributed by atoms with E-state index >= 15 is 0 Å². The van der Waals surface area contributed by atoms with Gasteiger partial charge in [-0.05, 0) is 45.9 Å². The van der Waals surface area contributed by atoms with Crippen LogP contribution in [0.5, 0.6) is 0 Å². The van der Waals surface area contributed by atoms with Gasteiger partial charge in [-0.3, -0.25) is 4.99 Å². The number of hydrogen-bond acceptors (Lipinski definition) is 4. The topological polar surface area (TPSA) is 45.1 Å². The molecule has 0 bridgehead atoms. The first-order valence-electron chi connectivity index (χ1n) is 6.95. The summed E-state index contributed by atoms with van der Waals surface area (Å²) in [5.41, 5.74) is 1.27. The summed E-state index contributed by atoms with van der Waals surface area (Å²) in [6, 6.07) is 0.773. The first-order chi connectivity index (χ1) is 9.13. The molecule has 1 atom stereocenters. The number of aliphatic hydroxyl groups is 1. The van der Waals surface area contributed by atoms with Crippen LogP contribution in [0.3, 0.4) is 0 Å². The van der Waals surface area contributed by atoms with Crippen molar-refractivity contribution in [2.45, 2.75) is 45.7 Å². The number of hydrogen-bond donors (Lipinski definition) is 1. The molecule has 0 aromatic heterocycles. The van der Waals surface area contributed by atoms with E-state index in [0.717, 1.165) is 19.4 Å². The molecule has 1 N–H and O–H groups in total. The van der Waals surface area contributed by atoms with Crippen molar-refractivity contribution < 1.29 is 9.84 Å². The Balaban J connectivity index is 2.67. The predicted octanol–water partition coefficient (Wildman–Crippen LogP) is 2.36. The second-order valence-corrected chi connectivity index (χ2v) is 5.14. The first-order valence-corrected chi connectivity index (χ1v) is 6.95. The summed E-state index contributed by atoms with van der Waals surface area (Å²) < 4.78 is 4.98. The van der Waals surface area contributed by atoms with Crippen LogP contribution >= 0.6 is 0 Å². The van der Waals surface area contributed by atoms with Crippen LogP contribution in [0.4, 0.5) is 0 Å². The Bertz CT molecular complexity index is 335. The summed E-state index contributed by atoms with van der Waals surface area (Å²) in [5, 5.41) is 8.62. The summed E-state index contributed by atoms with van der Waals surface area (Å²) in [6.45, 7) is 7.80. The SMILES string of the molecule is CC1CN(C(C)C)/C=C\C/C(CCOCO)=C\C=N1. The zero-order chi connectivity index (χ0) is 14.1. The minimum atomic E-state index is -0.213. The van der Waals surface area contributed by atoms with Crippen LogP contribution in [-0.2, 0) is 4.74 Å². The molecule has 4 nitrogen and oxygen atoms in total. The van der Waals surface area contributed by atoms with Crippen molar-refractivity contribution >= 4 is 6.21 Å². The van der Waals surface area contributed by atoms with Gasteiger partial charge in [0.25, 0.3) is 0 Å². The van der Waals surface area contributed by atoms with Crippen molar-refractivity contribution in [2.24, 2.45) is 4.99 Å². The Labute approximate surface area is 116 Å². The van der Waals surface area contributed by atoms with E-state index in [4.69, 9.17) is 9.84 Å². The highest BCUT2D eigenvalue weighted by Gasteiger charge is 2.09. The third-order valence-corrected chi connectivity index (χ3v) is 3.12. The van der Waals surface area contributed by atoms with Crippen LogP contribution in [0.1, 0.15) is 33.6 Å². The number of rotatable bonds is 5. The quantitative estimate of drug-likeness (QED) is 0.614. The van der Waals surface area contributed by atoms with Gasteiger partial charge in [0.05, 0.1) is 12.6 Å². The monoisotopic (exact) mass is 266 g/mol. The number of allylic oxidation sites excluding steroid dienone is 2. The Kier molecular flexibility index (Phi) is 7.45. The molecule has 0 saturated carbocycles. The number of nitrogens with zero attached hydrogens (tertiary/aromatic N) is 2. The van der Waals surface area contributed by atoms with E-state index in [-0.39, 0.29) is 12.8 Å². The fraction of sp³-hybridized carbons (Fsp3) is 0.667. The maximum Gasteiger partial charge on any atom is 0.143 e. The van der Waals surface area contributed by atoms with Crippen molar-refractivity contribution in [3.63, 3.8) is 0 Å². The Morgan fingerprint density at radius 1 is 1.53 bits per heavy atom. The second kappa shape index (κ2) is 8.88. The number of aliphatic imine (C=N–C) groups is 1. The molecule has 1 aliphatic rings. The lowest BCUT2D eigenvalue weighted by Crippen LogP contribution is -2.31. The molecule has 1 heterocycles. The van der Waals surface area contributed by atoms with Crippen molar-refractivity contribution in [2.75, 3.05) is 19.9 Å². The molecular weight excluding hydrogens is 240 g/mol. The molecule has 0 spiro atoms. The third kappa shape index (κ3) is 6.55. The van der Waals surface area contributed by atoms with Gasteiger partial charge in [-0.25, -0.2) is 0 Å². The van der Waals surface area contributed by atoms with Gasteiger partial charge < -0.3 is 14.7 Å². The Morgan fingerprint density at radius 2 is 2.32 bits per heavy atom. The van der Waals surface area contributed by atoms with Crippen LogP contribution in [0.25, 0.3) is 0 Å². The highest BCUT2D eigenvalue weighted by molar-refractivity contribution is 5.72. The molecule has 0 aliphatic carbocycles. The van der Waals surface area contributed by atoms with E-state index in [1.807, 2.05) is 6.21 Å². The highest BCUT2D eigenvalue weighted by atomic mass is 16.6. The van der Waals surface area contributed by atoms with Gasteiger partial charge in [0.2, 0.25) is 0 Å². The van der Waals surface area contributed by atoms with Crippen molar-refractivity contribution in [3.8, 4) is 0 Å². The second-order valence-electron chi connectivity index (χ2n) is 5.14. The summed E-state index contributed by atoms with van der Waals surface area (Å²) >= 11 is 0. The van der Waals surface area contributed by atoms with Crippen molar-refractivity contribution in [3.05, 3.63) is 23.9 Å². The maximum absolute atomic E-state index is 8.62. The maximum atomic E-state index is 8.62. The first kappa shape index (κ1) is 15.9. The highest BCUT2D eigenvalue weighted by Crippen LogP contribution is 2.11. The molecule has 4 heteroatoms. The minimum absolute atomic E-state index is 0.213. The van der Waals surface area contributed by atoms with Gasteiger partial charge in [0.15, 0.2) is 0 Å². The van der Waals surface area contributed by atoms with Crippen LogP contribution < -0.4 is 0 Å². The molecule has 0 aromatic rings. The molecule has 0 amide bonds. The van der Waals surface area contributed by atoms with E-state index in [1.165, 1.54) is 5.57 Å². The minimum Gasteiger partial charge on any atom is -0.373 e. The predicted molar refractivity (Wildman–Crippen MR) is 79.3 cm³/mol. The molecule has 1 unspecified atom stereocenters. The van der Waals surface area contributed by atoms with E-state index in [2.05, 4.69) is 49.0 Å². The van der Waals surface area contributed by atoms with Crippen LogP contribution in [-0.4, -0.2) is 48.2 Å². The zero-order valence-electron chi connectivity index (χ0n) is 12.2. The molecular formula is C15H26N2O2. The summed E-state index contributed by atoms with van der Waals surface area (Å²) in [6.07, 6.45) is 10.0. The third-order valence-electron chi connectivity index (χ3n) is 3.12. The molecule has 19 heavy (non-hydrogen) atoms. The van der Waals surface area contributed by atoms with Crippen LogP contribution in [0.15, 0.2) is 28.9 Å². The van der Waals surface area contributed by atoms with Gasteiger partial charge >= 0.3 is 0 Å². The molecule has 0 radical (unpaired) electrons. The molecule has 0 aromatic carbocycles. The van der Waals surface area contributed by atoms with Crippen molar-refractivity contribution in [1.82, 2.24) is 4.90 Å². The van der Waals surface area contributed by atoms with Crippen LogP contribution in [0.2, 0.25) is 0 Å². The molecule has 0 saturated heterocycles. The Morgan fingerprint density at radius 3 is 3.00 bits per heavy atom. The normalized spacial score (nSPS) is 25.2. The Hall–Kier alpha value is -1.13. The molecule has 1 rings (SSSR count). The lowest BCUT2D eigenvalue weighted by atomic mass is 10.1.